The van der Waals surface area contributed by atoms with Crippen molar-refractivity contribution in [1.82, 2.24) is 10.2 Å². The minimum absolute atomic E-state index is 0.0639. The number of nitrogens with zero attached hydrogens (tertiary/aromatic N) is 1. The maximum absolute atomic E-state index is 12.8. The number of aliphatic hydroxyl groups excluding tert-OH is 1. The molecule has 4 unspecified atom stereocenters. The van der Waals surface area contributed by atoms with E-state index in [0.29, 0.717) is 18.0 Å². The van der Waals surface area contributed by atoms with E-state index in [9.17, 15) is 9.90 Å². The lowest BCUT2D eigenvalue weighted by molar-refractivity contribution is -0.131. The van der Waals surface area contributed by atoms with Gasteiger partial charge in [0, 0.05) is 19.1 Å². The van der Waals surface area contributed by atoms with Gasteiger partial charge in [0.15, 0.2) is 0 Å². The predicted octanol–water partition coefficient (Wildman–Crippen LogP) is 3.21. The number of carbonyl (C=O) groups excluding carboxylic acids is 1. The summed E-state index contributed by atoms with van der Waals surface area (Å²) < 4.78 is 5.42. The molecule has 30 heavy (non-hydrogen) atoms. The fraction of sp³-hybridized carbons (Fsp3) is 0.960. The molecule has 8 atom stereocenters. The average Bonchev–Trinajstić information content (AvgIpc) is 3.05. The Bertz CT molecular complexity index is 650. The van der Waals surface area contributed by atoms with Crippen LogP contribution in [0.4, 0.5) is 0 Å². The summed E-state index contributed by atoms with van der Waals surface area (Å²) in [7, 11) is 0. The molecule has 1 heterocycles. The largest absolute Gasteiger partial charge is 0.393 e. The van der Waals surface area contributed by atoms with E-state index in [1.165, 1.54) is 38.5 Å². The summed E-state index contributed by atoms with van der Waals surface area (Å²) in [4.78, 5) is 15.0. The van der Waals surface area contributed by atoms with Gasteiger partial charge in [-0.25, -0.2) is 0 Å². The maximum atomic E-state index is 12.8. The summed E-state index contributed by atoms with van der Waals surface area (Å²) in [6, 6.07) is 0.343. The van der Waals surface area contributed by atoms with Crippen LogP contribution in [0.5, 0.6) is 0 Å². The van der Waals surface area contributed by atoms with Crippen molar-refractivity contribution in [2.24, 2.45) is 34.5 Å². The third-order valence-corrected chi connectivity index (χ3v) is 10.4. The Morgan fingerprint density at radius 1 is 1.00 bits per heavy atom. The number of amides is 1. The molecule has 0 aromatic heterocycles. The monoisotopic (exact) mass is 418 g/mol. The number of fused-ring (bicyclic) bond motifs is 5. The Morgan fingerprint density at radius 3 is 2.53 bits per heavy atom. The summed E-state index contributed by atoms with van der Waals surface area (Å²) >= 11 is 0. The molecule has 2 N–H and O–H groups in total. The number of rotatable bonds is 3. The molecule has 5 aliphatic rings. The van der Waals surface area contributed by atoms with E-state index in [0.717, 1.165) is 69.2 Å². The standard InChI is InChI=1S/C25H42N2O3/c1-24-9-7-18(28)15-17(24)3-4-19-20-5-6-22(25(20,2)10-8-21(19)24)26-23(29)16-27-11-13-30-14-12-27/h17-22,28H,3-16H2,1-2H3,(H,26,29)/t17-,18?,19?,20?,21?,22+,24-,25-/m0/s1. The molecule has 1 aliphatic heterocycles. The summed E-state index contributed by atoms with van der Waals surface area (Å²) in [5.41, 5.74) is 0.695. The van der Waals surface area contributed by atoms with Gasteiger partial charge < -0.3 is 15.2 Å². The highest BCUT2D eigenvalue weighted by molar-refractivity contribution is 5.78. The van der Waals surface area contributed by atoms with E-state index in [1.807, 2.05) is 0 Å². The second-order valence-corrected chi connectivity index (χ2v) is 11.7. The van der Waals surface area contributed by atoms with Gasteiger partial charge in [0.25, 0.3) is 0 Å². The van der Waals surface area contributed by atoms with Crippen molar-refractivity contribution in [2.45, 2.75) is 83.8 Å². The minimum atomic E-state index is -0.0639. The van der Waals surface area contributed by atoms with Crippen molar-refractivity contribution in [2.75, 3.05) is 32.8 Å². The number of ether oxygens (including phenoxy) is 1. The highest BCUT2D eigenvalue weighted by Gasteiger charge is 2.60. The van der Waals surface area contributed by atoms with Crippen LogP contribution < -0.4 is 5.32 Å². The third kappa shape index (κ3) is 3.53. The Balaban J connectivity index is 1.25. The highest BCUT2D eigenvalue weighted by atomic mass is 16.5. The van der Waals surface area contributed by atoms with Gasteiger partial charge in [-0.1, -0.05) is 13.8 Å². The highest BCUT2D eigenvalue weighted by Crippen LogP contribution is 2.66. The van der Waals surface area contributed by atoms with E-state index in [4.69, 9.17) is 4.74 Å². The first-order chi connectivity index (χ1) is 14.4. The van der Waals surface area contributed by atoms with Crippen LogP contribution in [0, 0.1) is 34.5 Å². The number of nitrogens with one attached hydrogen (secondary N) is 1. The van der Waals surface area contributed by atoms with Crippen LogP contribution in [0.2, 0.25) is 0 Å². The van der Waals surface area contributed by atoms with Gasteiger partial charge in [-0.15, -0.1) is 0 Å². The minimum Gasteiger partial charge on any atom is -0.393 e. The van der Waals surface area contributed by atoms with Gasteiger partial charge in [-0.05, 0) is 92.3 Å². The van der Waals surface area contributed by atoms with Gasteiger partial charge in [0.05, 0.1) is 25.9 Å². The normalized spacial score (nSPS) is 49.0. The Labute approximate surface area is 182 Å². The van der Waals surface area contributed by atoms with Gasteiger partial charge >= 0.3 is 0 Å². The molecule has 5 fully saturated rings. The van der Waals surface area contributed by atoms with Gasteiger partial charge in [0.1, 0.15) is 0 Å². The van der Waals surface area contributed by atoms with Crippen LogP contribution in [0.25, 0.3) is 0 Å². The fourth-order valence-corrected chi connectivity index (χ4v) is 8.67. The van der Waals surface area contributed by atoms with Crippen LogP contribution >= 0.6 is 0 Å². The number of hydrogen-bond acceptors (Lipinski definition) is 4. The number of carbonyl (C=O) groups is 1. The zero-order valence-electron chi connectivity index (χ0n) is 19.1. The molecular formula is C25H42N2O3. The Kier molecular flexibility index (Phi) is 5.69. The quantitative estimate of drug-likeness (QED) is 0.739. The Hall–Kier alpha value is -0.650. The molecule has 4 aliphatic carbocycles. The van der Waals surface area contributed by atoms with Crippen LogP contribution in [0.15, 0.2) is 0 Å². The molecular weight excluding hydrogens is 376 g/mol. The van der Waals surface area contributed by atoms with Gasteiger partial charge in [-0.3, -0.25) is 9.69 Å². The van der Waals surface area contributed by atoms with Crippen molar-refractivity contribution < 1.29 is 14.6 Å². The number of aliphatic hydroxyl groups is 1. The van der Waals surface area contributed by atoms with E-state index < -0.39 is 0 Å². The summed E-state index contributed by atoms with van der Waals surface area (Å²) in [5, 5.41) is 13.7. The first kappa shape index (κ1) is 21.2. The zero-order chi connectivity index (χ0) is 20.9. The second-order valence-electron chi connectivity index (χ2n) is 11.7. The molecule has 5 rings (SSSR count). The molecule has 0 aromatic carbocycles. The summed E-state index contributed by atoms with van der Waals surface area (Å²) in [6.07, 6.45) is 10.8. The smallest absolute Gasteiger partial charge is 0.234 e. The van der Waals surface area contributed by atoms with Crippen molar-refractivity contribution in [3.63, 3.8) is 0 Å². The molecule has 5 nitrogen and oxygen atoms in total. The molecule has 0 spiro atoms. The van der Waals surface area contributed by atoms with E-state index in [-0.39, 0.29) is 17.4 Å². The molecule has 0 aromatic rings. The van der Waals surface area contributed by atoms with Crippen molar-refractivity contribution in [3.05, 3.63) is 0 Å². The fourth-order valence-electron chi connectivity index (χ4n) is 8.67. The summed E-state index contributed by atoms with van der Waals surface area (Å²) in [5.74, 6) is 3.33. The molecule has 1 saturated heterocycles. The van der Waals surface area contributed by atoms with Crippen molar-refractivity contribution >= 4 is 5.91 Å². The molecule has 0 radical (unpaired) electrons. The molecule has 170 valence electrons. The van der Waals surface area contributed by atoms with Gasteiger partial charge in [-0.2, -0.15) is 0 Å². The lowest BCUT2D eigenvalue weighted by Gasteiger charge is -2.61. The molecule has 1 amide bonds. The van der Waals surface area contributed by atoms with Crippen molar-refractivity contribution in [3.8, 4) is 0 Å². The predicted molar refractivity (Wildman–Crippen MR) is 117 cm³/mol. The molecule has 0 bridgehead atoms. The van der Waals surface area contributed by atoms with Crippen LogP contribution in [0.3, 0.4) is 0 Å². The topological polar surface area (TPSA) is 61.8 Å². The van der Waals surface area contributed by atoms with Crippen LogP contribution in [-0.4, -0.2) is 60.9 Å². The van der Waals surface area contributed by atoms with Crippen LogP contribution in [0.1, 0.15) is 71.6 Å². The summed E-state index contributed by atoms with van der Waals surface area (Å²) in [6.45, 7) is 8.80. The number of hydrogen-bond donors (Lipinski definition) is 2. The first-order valence-corrected chi connectivity index (χ1v) is 12.7. The lowest BCUT2D eigenvalue weighted by atomic mass is 9.45. The number of morpholine rings is 1. The zero-order valence-corrected chi connectivity index (χ0v) is 19.1. The molecule has 4 saturated carbocycles. The van der Waals surface area contributed by atoms with E-state index in [1.54, 1.807) is 0 Å². The van der Waals surface area contributed by atoms with E-state index in [2.05, 4.69) is 24.1 Å². The third-order valence-electron chi connectivity index (χ3n) is 10.4. The van der Waals surface area contributed by atoms with E-state index >= 15 is 0 Å². The second kappa shape index (κ2) is 8.04. The van der Waals surface area contributed by atoms with Crippen molar-refractivity contribution in [1.29, 1.82) is 0 Å². The SMILES string of the molecule is C[C@]12CCC3C(CC[C@H]4CC(O)CC[C@]34C)C1CC[C@H]2NC(=O)CN1CCOCC1. The molecule has 5 heteroatoms. The lowest BCUT2D eigenvalue weighted by Crippen LogP contribution is -2.56. The Morgan fingerprint density at radius 2 is 1.73 bits per heavy atom. The average molecular weight is 419 g/mol. The maximum Gasteiger partial charge on any atom is 0.234 e. The van der Waals surface area contributed by atoms with Gasteiger partial charge in [0.2, 0.25) is 5.91 Å². The van der Waals surface area contributed by atoms with Crippen LogP contribution in [-0.2, 0) is 9.53 Å². The first-order valence-electron chi connectivity index (χ1n) is 12.7.